The third-order valence-electron chi connectivity index (χ3n) is 1.77. The fourth-order valence-corrected chi connectivity index (χ4v) is 1.08. The number of aliphatic imine (C=N–C) groups is 1. The van der Waals surface area contributed by atoms with Gasteiger partial charge >= 0.3 is 0 Å². The monoisotopic (exact) mass is 161 g/mol. The highest BCUT2D eigenvalue weighted by Gasteiger charge is 2.01. The van der Waals surface area contributed by atoms with Gasteiger partial charge in [-0.05, 0) is 19.4 Å². The van der Waals surface area contributed by atoms with E-state index in [9.17, 15) is 4.79 Å². The van der Waals surface area contributed by atoms with Crippen LogP contribution >= 0.6 is 0 Å². The van der Waals surface area contributed by atoms with E-state index in [1.807, 2.05) is 38.1 Å². The molecule has 0 radical (unpaired) electrons. The highest BCUT2D eigenvalue weighted by Crippen LogP contribution is 2.16. The molecule has 12 heavy (non-hydrogen) atoms. The van der Waals surface area contributed by atoms with Crippen LogP contribution in [0.15, 0.2) is 29.3 Å². The first-order valence-corrected chi connectivity index (χ1v) is 3.87. The Labute approximate surface area is 71.9 Å². The molecule has 2 heteroatoms. The van der Waals surface area contributed by atoms with Gasteiger partial charge in [-0.3, -0.25) is 0 Å². The molecule has 62 valence electrons. The number of hydrogen-bond donors (Lipinski definition) is 0. The summed E-state index contributed by atoms with van der Waals surface area (Å²) in [4.78, 5) is 13.6. The molecule has 0 heterocycles. The summed E-state index contributed by atoms with van der Waals surface area (Å²) in [5, 5.41) is 0. The maximum absolute atomic E-state index is 9.98. The molecule has 2 nitrogen and oxygen atoms in total. The summed E-state index contributed by atoms with van der Waals surface area (Å²) in [7, 11) is 0. The molecule has 0 N–H and O–H groups in total. The molecule has 0 aliphatic rings. The number of benzene rings is 1. The van der Waals surface area contributed by atoms with Gasteiger partial charge in [0.05, 0.1) is 6.04 Å². The Morgan fingerprint density at radius 3 is 2.83 bits per heavy atom. The van der Waals surface area contributed by atoms with Crippen LogP contribution in [-0.4, -0.2) is 6.08 Å². The maximum Gasteiger partial charge on any atom is 0.235 e. The zero-order valence-corrected chi connectivity index (χ0v) is 7.24. The van der Waals surface area contributed by atoms with Crippen molar-refractivity contribution in [3.63, 3.8) is 0 Å². The number of aryl methyl sites for hydroxylation is 1. The highest BCUT2D eigenvalue weighted by molar-refractivity contribution is 5.35. The van der Waals surface area contributed by atoms with Crippen molar-refractivity contribution in [2.75, 3.05) is 0 Å². The lowest BCUT2D eigenvalue weighted by Gasteiger charge is -2.04. The maximum atomic E-state index is 9.98. The SMILES string of the molecule is Cc1cccc([C@@H](C)N=C=O)c1. The predicted molar refractivity (Wildman–Crippen MR) is 47.7 cm³/mol. The van der Waals surface area contributed by atoms with E-state index in [0.29, 0.717) is 0 Å². The second kappa shape index (κ2) is 3.84. The smallest absolute Gasteiger partial charge is 0.211 e. The Kier molecular flexibility index (Phi) is 2.78. The molecule has 0 spiro atoms. The van der Waals surface area contributed by atoms with Gasteiger partial charge in [0, 0.05) is 0 Å². The molecule has 0 fully saturated rings. The van der Waals surface area contributed by atoms with Gasteiger partial charge in [-0.2, -0.15) is 4.99 Å². The summed E-state index contributed by atoms with van der Waals surface area (Å²) in [6, 6.07) is 7.87. The van der Waals surface area contributed by atoms with Crippen LogP contribution in [0.3, 0.4) is 0 Å². The van der Waals surface area contributed by atoms with Crippen LogP contribution in [0.1, 0.15) is 24.1 Å². The van der Waals surface area contributed by atoms with Gasteiger partial charge in [-0.25, -0.2) is 4.79 Å². The topological polar surface area (TPSA) is 29.4 Å². The first kappa shape index (κ1) is 8.69. The Balaban J connectivity index is 2.94. The van der Waals surface area contributed by atoms with Crippen LogP contribution in [0.25, 0.3) is 0 Å². The van der Waals surface area contributed by atoms with E-state index in [1.165, 1.54) is 5.56 Å². The van der Waals surface area contributed by atoms with Gasteiger partial charge in [0.1, 0.15) is 0 Å². The molecule has 0 aromatic heterocycles. The molecule has 0 amide bonds. The van der Waals surface area contributed by atoms with Crippen LogP contribution in [0.2, 0.25) is 0 Å². The van der Waals surface area contributed by atoms with Crippen LogP contribution in [0.4, 0.5) is 0 Å². The number of rotatable bonds is 2. The lowest BCUT2D eigenvalue weighted by atomic mass is 10.1. The Morgan fingerprint density at radius 2 is 2.25 bits per heavy atom. The lowest BCUT2D eigenvalue weighted by Crippen LogP contribution is -1.88. The van der Waals surface area contributed by atoms with Crippen molar-refractivity contribution in [1.82, 2.24) is 0 Å². The molecule has 0 aliphatic carbocycles. The first-order chi connectivity index (χ1) is 5.74. The van der Waals surface area contributed by atoms with Crippen molar-refractivity contribution in [2.45, 2.75) is 19.9 Å². The molecule has 1 aromatic carbocycles. The molecule has 0 bridgehead atoms. The van der Waals surface area contributed by atoms with E-state index in [2.05, 4.69) is 4.99 Å². The fourth-order valence-electron chi connectivity index (χ4n) is 1.08. The summed E-state index contributed by atoms with van der Waals surface area (Å²) in [6.45, 7) is 3.89. The quantitative estimate of drug-likeness (QED) is 0.483. The van der Waals surface area contributed by atoms with E-state index in [1.54, 1.807) is 6.08 Å². The summed E-state index contributed by atoms with van der Waals surface area (Å²) in [5.74, 6) is 0. The van der Waals surface area contributed by atoms with Gasteiger partial charge in [-0.15, -0.1) is 0 Å². The normalized spacial score (nSPS) is 11.8. The Morgan fingerprint density at radius 1 is 1.50 bits per heavy atom. The molecule has 1 aromatic rings. The Bertz CT molecular complexity index is 313. The summed E-state index contributed by atoms with van der Waals surface area (Å²) < 4.78 is 0. The van der Waals surface area contributed by atoms with Gasteiger partial charge in [-0.1, -0.05) is 29.8 Å². The van der Waals surface area contributed by atoms with E-state index in [-0.39, 0.29) is 6.04 Å². The standard InChI is InChI=1S/C10H11NO/c1-8-4-3-5-10(6-8)9(2)11-7-12/h3-6,9H,1-2H3/t9-/m1/s1. The summed E-state index contributed by atoms with van der Waals surface area (Å²) in [5.41, 5.74) is 2.23. The second-order valence-corrected chi connectivity index (χ2v) is 2.81. The average Bonchev–Trinajstić information content (AvgIpc) is 2.05. The third kappa shape index (κ3) is 2.04. The average molecular weight is 161 g/mol. The molecular formula is C10H11NO. The number of hydrogen-bond acceptors (Lipinski definition) is 2. The van der Waals surface area contributed by atoms with Gasteiger partial charge in [0.15, 0.2) is 0 Å². The van der Waals surface area contributed by atoms with E-state index in [4.69, 9.17) is 0 Å². The molecule has 0 saturated carbocycles. The van der Waals surface area contributed by atoms with Crippen LogP contribution in [0.5, 0.6) is 0 Å². The van der Waals surface area contributed by atoms with Crippen LogP contribution in [-0.2, 0) is 4.79 Å². The van der Waals surface area contributed by atoms with Crippen molar-refractivity contribution in [1.29, 1.82) is 0 Å². The summed E-state index contributed by atoms with van der Waals surface area (Å²) >= 11 is 0. The zero-order chi connectivity index (χ0) is 8.97. The van der Waals surface area contributed by atoms with Gasteiger partial charge in [0.2, 0.25) is 6.08 Å². The van der Waals surface area contributed by atoms with E-state index < -0.39 is 0 Å². The van der Waals surface area contributed by atoms with Gasteiger partial charge < -0.3 is 0 Å². The number of isocyanates is 1. The fraction of sp³-hybridized carbons (Fsp3) is 0.300. The summed E-state index contributed by atoms with van der Waals surface area (Å²) in [6.07, 6.45) is 1.56. The van der Waals surface area contributed by atoms with Crippen molar-refractivity contribution >= 4 is 6.08 Å². The predicted octanol–water partition coefficient (Wildman–Crippen LogP) is 2.39. The molecule has 0 unspecified atom stereocenters. The number of carbonyl (C=O) groups excluding carboxylic acids is 1. The van der Waals surface area contributed by atoms with Gasteiger partial charge in [0.25, 0.3) is 0 Å². The minimum absolute atomic E-state index is 0.0811. The van der Waals surface area contributed by atoms with Crippen LogP contribution < -0.4 is 0 Å². The van der Waals surface area contributed by atoms with Crippen molar-refractivity contribution in [3.05, 3.63) is 35.4 Å². The number of nitrogens with zero attached hydrogens (tertiary/aromatic N) is 1. The zero-order valence-electron chi connectivity index (χ0n) is 7.24. The van der Waals surface area contributed by atoms with E-state index in [0.717, 1.165) is 5.56 Å². The molecule has 0 aliphatic heterocycles. The lowest BCUT2D eigenvalue weighted by molar-refractivity contribution is 0.559. The van der Waals surface area contributed by atoms with Crippen LogP contribution in [0, 0.1) is 6.92 Å². The molecule has 1 rings (SSSR count). The molecule has 0 saturated heterocycles. The first-order valence-electron chi connectivity index (χ1n) is 3.87. The van der Waals surface area contributed by atoms with E-state index >= 15 is 0 Å². The van der Waals surface area contributed by atoms with Crippen molar-refractivity contribution in [2.24, 2.45) is 4.99 Å². The third-order valence-corrected chi connectivity index (χ3v) is 1.77. The minimum Gasteiger partial charge on any atom is -0.211 e. The van der Waals surface area contributed by atoms with Crippen molar-refractivity contribution < 1.29 is 4.79 Å². The molecule has 1 atom stereocenters. The second-order valence-electron chi connectivity index (χ2n) is 2.81. The molecular weight excluding hydrogens is 150 g/mol. The minimum atomic E-state index is -0.0811. The largest absolute Gasteiger partial charge is 0.235 e. The van der Waals surface area contributed by atoms with Crippen molar-refractivity contribution in [3.8, 4) is 0 Å². The Hall–Kier alpha value is -1.40. The highest BCUT2D eigenvalue weighted by atomic mass is 16.1.